The Morgan fingerprint density at radius 1 is 1.24 bits per heavy atom. The molecule has 0 bridgehead atoms. The van der Waals surface area contributed by atoms with Crippen LogP contribution in [0.1, 0.15) is 59.8 Å². The molecule has 0 aliphatic rings. The van der Waals surface area contributed by atoms with Gasteiger partial charge in [-0.3, -0.25) is 11.3 Å². The van der Waals surface area contributed by atoms with E-state index in [0.717, 1.165) is 12.3 Å². The molecule has 0 aromatic heterocycles. The minimum atomic E-state index is 0.0917. The second-order valence-corrected chi connectivity index (χ2v) is 5.92. The molecule has 0 saturated carbocycles. The first kappa shape index (κ1) is 16.9. The third-order valence-corrected chi connectivity index (χ3v) is 4.32. The van der Waals surface area contributed by atoms with Crippen molar-refractivity contribution >= 4 is 0 Å². The van der Waals surface area contributed by atoms with Crippen LogP contribution in [0.5, 0.6) is 0 Å². The third-order valence-electron chi connectivity index (χ3n) is 4.32. The van der Waals surface area contributed by atoms with Crippen molar-refractivity contribution in [3.05, 3.63) is 0 Å². The topological polar surface area (TPSA) is 41.3 Å². The van der Waals surface area contributed by atoms with Crippen molar-refractivity contribution in [2.24, 2.45) is 11.8 Å². The van der Waals surface area contributed by atoms with Crippen LogP contribution in [0.4, 0.5) is 0 Å². The van der Waals surface area contributed by atoms with Gasteiger partial charge in [0, 0.05) is 11.6 Å². The number of nitrogens with two attached hydrogens (primary N) is 1. The minimum absolute atomic E-state index is 0.0917. The predicted molar refractivity (Wildman–Crippen MR) is 76.8 cm³/mol. The second kappa shape index (κ2) is 8.06. The van der Waals surface area contributed by atoms with Gasteiger partial charge in [-0.15, -0.1) is 0 Å². The van der Waals surface area contributed by atoms with Crippen molar-refractivity contribution in [1.82, 2.24) is 10.3 Å². The Balaban J connectivity index is 4.45. The molecule has 3 nitrogen and oxygen atoms in total. The molecule has 0 aromatic carbocycles. The number of unbranched alkanes of at least 4 members (excludes halogenated alkanes) is 1. The zero-order valence-electron chi connectivity index (χ0n) is 12.7. The summed E-state index contributed by atoms with van der Waals surface area (Å²) in [5, 5.41) is 0. The number of nitrogens with zero attached hydrogens (tertiary/aromatic N) is 1. The van der Waals surface area contributed by atoms with Crippen molar-refractivity contribution in [1.29, 1.82) is 0 Å². The van der Waals surface area contributed by atoms with Crippen molar-refractivity contribution in [3.63, 3.8) is 0 Å². The molecule has 0 heterocycles. The fourth-order valence-corrected chi connectivity index (χ4v) is 2.19. The molecule has 0 radical (unpaired) electrons. The van der Waals surface area contributed by atoms with Crippen molar-refractivity contribution in [2.45, 2.75) is 71.4 Å². The molecule has 17 heavy (non-hydrogen) atoms. The Hall–Kier alpha value is -0.120. The van der Waals surface area contributed by atoms with Crippen LogP contribution in [-0.2, 0) is 0 Å². The maximum atomic E-state index is 5.75. The molecule has 104 valence electrons. The summed E-state index contributed by atoms with van der Waals surface area (Å²) in [5.74, 6) is 6.54. The van der Waals surface area contributed by atoms with Crippen molar-refractivity contribution in [3.8, 4) is 0 Å². The van der Waals surface area contributed by atoms with E-state index in [-0.39, 0.29) is 5.54 Å². The summed E-state index contributed by atoms with van der Waals surface area (Å²) in [6.45, 7) is 9.06. The van der Waals surface area contributed by atoms with Crippen LogP contribution in [0.15, 0.2) is 0 Å². The lowest BCUT2D eigenvalue weighted by atomic mass is 9.83. The quantitative estimate of drug-likeness (QED) is 0.483. The van der Waals surface area contributed by atoms with Gasteiger partial charge < -0.3 is 4.90 Å². The first-order valence-corrected chi connectivity index (χ1v) is 7.03. The molecule has 0 aliphatic heterocycles. The lowest BCUT2D eigenvalue weighted by Gasteiger charge is -2.41. The number of likely N-dealkylation sites (N-methyl/N-ethyl adjacent to an activating group) is 1. The van der Waals surface area contributed by atoms with Crippen LogP contribution >= 0.6 is 0 Å². The van der Waals surface area contributed by atoms with Gasteiger partial charge in [0.25, 0.3) is 0 Å². The summed E-state index contributed by atoms with van der Waals surface area (Å²) >= 11 is 0. The van der Waals surface area contributed by atoms with Crippen molar-refractivity contribution < 1.29 is 0 Å². The molecule has 0 aromatic rings. The number of hydrogen-bond donors (Lipinski definition) is 2. The van der Waals surface area contributed by atoms with E-state index in [1.54, 1.807) is 0 Å². The molecule has 0 spiro atoms. The number of hydrogen-bond acceptors (Lipinski definition) is 3. The highest BCUT2D eigenvalue weighted by Crippen LogP contribution is 2.25. The van der Waals surface area contributed by atoms with Gasteiger partial charge in [-0.2, -0.15) is 0 Å². The first-order valence-electron chi connectivity index (χ1n) is 7.03. The van der Waals surface area contributed by atoms with Gasteiger partial charge in [0.2, 0.25) is 0 Å². The molecule has 0 fully saturated rings. The molecule has 0 saturated heterocycles. The van der Waals surface area contributed by atoms with Crippen molar-refractivity contribution in [2.75, 3.05) is 14.1 Å². The summed E-state index contributed by atoms with van der Waals surface area (Å²) in [4.78, 5) is 2.25. The van der Waals surface area contributed by atoms with Crippen LogP contribution in [0.25, 0.3) is 0 Å². The molecule has 0 rings (SSSR count). The molecule has 0 aliphatic carbocycles. The highest BCUT2D eigenvalue weighted by atomic mass is 15.3. The van der Waals surface area contributed by atoms with Crippen LogP contribution in [-0.4, -0.2) is 30.6 Å². The monoisotopic (exact) mass is 243 g/mol. The highest BCUT2D eigenvalue weighted by Gasteiger charge is 2.32. The van der Waals surface area contributed by atoms with E-state index in [1.165, 1.54) is 25.7 Å². The Morgan fingerprint density at radius 3 is 2.18 bits per heavy atom. The fourth-order valence-electron chi connectivity index (χ4n) is 2.19. The third kappa shape index (κ3) is 5.36. The van der Waals surface area contributed by atoms with E-state index < -0.39 is 0 Å². The predicted octanol–water partition coefficient (Wildman–Crippen LogP) is 2.77. The highest BCUT2D eigenvalue weighted by molar-refractivity contribution is 4.91. The summed E-state index contributed by atoms with van der Waals surface area (Å²) in [5.41, 5.74) is 3.11. The number of rotatable bonds is 9. The number of nitrogens with one attached hydrogen (secondary N) is 1. The normalized spacial score (nSPS) is 16.2. The molecular weight excluding hydrogens is 210 g/mol. The Labute approximate surface area is 108 Å². The fraction of sp³-hybridized carbons (Fsp3) is 1.00. The minimum Gasteiger partial charge on any atom is -0.303 e. The number of hydrazine groups is 1. The summed E-state index contributed by atoms with van der Waals surface area (Å²) in [6.07, 6.45) is 6.36. The summed E-state index contributed by atoms with van der Waals surface area (Å²) in [6, 6.07) is 0.347. The van der Waals surface area contributed by atoms with E-state index in [4.69, 9.17) is 5.84 Å². The molecule has 0 amide bonds. The molecule has 2 unspecified atom stereocenters. The van der Waals surface area contributed by atoms with Gasteiger partial charge >= 0.3 is 0 Å². The van der Waals surface area contributed by atoms with Crippen LogP contribution in [0.3, 0.4) is 0 Å². The smallest absolute Gasteiger partial charge is 0.0391 e. The molecule has 3 heteroatoms. The first-order chi connectivity index (χ1) is 7.89. The Kier molecular flexibility index (Phi) is 8.01. The van der Waals surface area contributed by atoms with E-state index in [2.05, 4.69) is 52.1 Å². The van der Waals surface area contributed by atoms with E-state index in [0.29, 0.717) is 6.04 Å². The standard InChI is InChI=1S/C14H33N3/c1-7-9-10-12(8-2)11-13(16-15)14(3,4)17(5)6/h12-13,16H,7-11,15H2,1-6H3. The van der Waals surface area contributed by atoms with E-state index in [1.807, 2.05) is 0 Å². The molecule has 2 atom stereocenters. The lowest BCUT2D eigenvalue weighted by Crippen LogP contribution is -2.57. The Bertz CT molecular complexity index is 190. The SMILES string of the molecule is CCCCC(CC)CC(NN)C(C)(C)N(C)C. The van der Waals surface area contributed by atoms with Gasteiger partial charge in [-0.05, 0) is 40.3 Å². The van der Waals surface area contributed by atoms with Crippen LogP contribution in [0.2, 0.25) is 0 Å². The maximum absolute atomic E-state index is 5.75. The van der Waals surface area contributed by atoms with E-state index >= 15 is 0 Å². The largest absolute Gasteiger partial charge is 0.303 e. The molecule has 3 N–H and O–H groups in total. The summed E-state index contributed by atoms with van der Waals surface area (Å²) in [7, 11) is 4.24. The van der Waals surface area contributed by atoms with E-state index in [9.17, 15) is 0 Å². The van der Waals surface area contributed by atoms with Crippen LogP contribution < -0.4 is 11.3 Å². The zero-order valence-corrected chi connectivity index (χ0v) is 12.7. The maximum Gasteiger partial charge on any atom is 0.0391 e. The van der Waals surface area contributed by atoms with Gasteiger partial charge in [0.1, 0.15) is 0 Å². The summed E-state index contributed by atoms with van der Waals surface area (Å²) < 4.78 is 0. The van der Waals surface area contributed by atoms with Crippen LogP contribution in [0, 0.1) is 5.92 Å². The average Bonchev–Trinajstić information content (AvgIpc) is 2.29. The second-order valence-electron chi connectivity index (χ2n) is 5.92. The lowest BCUT2D eigenvalue weighted by molar-refractivity contribution is 0.119. The molecular formula is C14H33N3. The van der Waals surface area contributed by atoms with Gasteiger partial charge in [-0.25, -0.2) is 0 Å². The van der Waals surface area contributed by atoms with Gasteiger partial charge in [-0.1, -0.05) is 39.5 Å². The zero-order chi connectivity index (χ0) is 13.5. The Morgan fingerprint density at radius 2 is 1.82 bits per heavy atom. The van der Waals surface area contributed by atoms with Gasteiger partial charge in [0.05, 0.1) is 0 Å². The van der Waals surface area contributed by atoms with Gasteiger partial charge in [0.15, 0.2) is 0 Å². The average molecular weight is 243 g/mol.